The van der Waals surface area contributed by atoms with Gasteiger partial charge in [0.15, 0.2) is 0 Å². The highest BCUT2D eigenvalue weighted by Crippen LogP contribution is 2.30. The number of H-pyrrole nitrogens is 2. The monoisotopic (exact) mass is 230 g/mol. The summed E-state index contributed by atoms with van der Waals surface area (Å²) >= 11 is 0. The van der Waals surface area contributed by atoms with Gasteiger partial charge in [0, 0.05) is 0 Å². The fraction of sp³-hybridized carbons (Fsp3) is 0.111. The molecular formula is C9H5F3N2O2. The van der Waals surface area contributed by atoms with Crippen molar-refractivity contribution in [3.05, 3.63) is 44.6 Å². The third kappa shape index (κ3) is 1.71. The van der Waals surface area contributed by atoms with Crippen LogP contribution in [0.1, 0.15) is 5.56 Å². The molecule has 0 bridgehead atoms. The van der Waals surface area contributed by atoms with Crippen LogP contribution in [0.15, 0.2) is 27.8 Å². The molecule has 16 heavy (non-hydrogen) atoms. The molecule has 7 heteroatoms. The van der Waals surface area contributed by atoms with Crippen LogP contribution < -0.4 is 11.2 Å². The average Bonchev–Trinajstić information content (AvgIpc) is 2.15. The van der Waals surface area contributed by atoms with Gasteiger partial charge in [0.25, 0.3) is 5.56 Å². The summed E-state index contributed by atoms with van der Waals surface area (Å²) < 4.78 is 37.0. The van der Waals surface area contributed by atoms with Crippen molar-refractivity contribution in [3.63, 3.8) is 0 Å². The van der Waals surface area contributed by atoms with E-state index in [4.69, 9.17) is 0 Å². The molecule has 0 atom stereocenters. The number of nitrogens with one attached hydrogen (secondary N) is 2. The van der Waals surface area contributed by atoms with Crippen LogP contribution in [0, 0.1) is 0 Å². The largest absolute Gasteiger partial charge is 0.416 e. The highest BCUT2D eigenvalue weighted by atomic mass is 19.4. The van der Waals surface area contributed by atoms with E-state index in [1.165, 1.54) is 0 Å². The summed E-state index contributed by atoms with van der Waals surface area (Å²) in [6.45, 7) is 0. The second-order valence-electron chi connectivity index (χ2n) is 3.17. The van der Waals surface area contributed by atoms with Crippen molar-refractivity contribution >= 4 is 10.9 Å². The Morgan fingerprint density at radius 3 is 2.38 bits per heavy atom. The minimum Gasteiger partial charge on any atom is -0.307 e. The van der Waals surface area contributed by atoms with Crippen molar-refractivity contribution in [2.75, 3.05) is 0 Å². The van der Waals surface area contributed by atoms with Crippen molar-refractivity contribution in [1.82, 2.24) is 9.97 Å². The molecule has 0 aliphatic heterocycles. The van der Waals surface area contributed by atoms with Gasteiger partial charge in [-0.2, -0.15) is 13.2 Å². The van der Waals surface area contributed by atoms with E-state index in [0.29, 0.717) is 0 Å². The van der Waals surface area contributed by atoms with E-state index in [0.717, 1.165) is 18.2 Å². The van der Waals surface area contributed by atoms with E-state index in [1.807, 2.05) is 4.98 Å². The summed E-state index contributed by atoms with van der Waals surface area (Å²) in [5.41, 5.74) is -2.60. The zero-order valence-corrected chi connectivity index (χ0v) is 7.68. The lowest BCUT2D eigenvalue weighted by Gasteiger charge is -2.06. The Hall–Kier alpha value is -2.05. The van der Waals surface area contributed by atoms with E-state index >= 15 is 0 Å². The molecule has 84 valence electrons. The molecule has 1 aromatic carbocycles. The van der Waals surface area contributed by atoms with Gasteiger partial charge < -0.3 is 4.98 Å². The van der Waals surface area contributed by atoms with Gasteiger partial charge >= 0.3 is 11.9 Å². The van der Waals surface area contributed by atoms with Gasteiger partial charge in [-0.15, -0.1) is 0 Å². The van der Waals surface area contributed by atoms with Crippen LogP contribution >= 0.6 is 0 Å². The maximum atomic E-state index is 12.3. The molecule has 0 aliphatic rings. The second-order valence-corrected chi connectivity index (χ2v) is 3.17. The average molecular weight is 230 g/mol. The molecule has 2 aromatic rings. The summed E-state index contributed by atoms with van der Waals surface area (Å²) in [5, 5.41) is 0.00704. The third-order valence-corrected chi connectivity index (χ3v) is 2.07. The molecule has 1 heterocycles. The Balaban J connectivity index is 2.82. The fourth-order valence-electron chi connectivity index (χ4n) is 1.35. The molecule has 0 radical (unpaired) electrons. The molecule has 0 saturated heterocycles. The first-order valence-electron chi connectivity index (χ1n) is 4.21. The van der Waals surface area contributed by atoms with Crippen LogP contribution in [0.2, 0.25) is 0 Å². The molecule has 0 saturated carbocycles. The molecule has 2 rings (SSSR count). The molecule has 4 nitrogen and oxygen atoms in total. The number of halogens is 3. The summed E-state index contributed by atoms with van der Waals surface area (Å²) in [6.07, 6.45) is -4.51. The molecule has 0 spiro atoms. The number of alkyl halides is 3. The van der Waals surface area contributed by atoms with Gasteiger partial charge in [0.05, 0.1) is 16.5 Å². The first-order chi connectivity index (χ1) is 7.38. The summed E-state index contributed by atoms with van der Waals surface area (Å²) in [5.74, 6) is 0. The smallest absolute Gasteiger partial charge is 0.307 e. The van der Waals surface area contributed by atoms with Crippen LogP contribution in [0.25, 0.3) is 10.9 Å². The van der Waals surface area contributed by atoms with E-state index < -0.39 is 23.0 Å². The summed E-state index contributed by atoms with van der Waals surface area (Å²) in [4.78, 5) is 26.1. The Morgan fingerprint density at radius 2 is 1.75 bits per heavy atom. The first-order valence-corrected chi connectivity index (χ1v) is 4.21. The summed E-state index contributed by atoms with van der Waals surface area (Å²) in [6, 6.07) is 2.54. The number of benzene rings is 1. The second kappa shape index (κ2) is 3.22. The first kappa shape index (κ1) is 10.5. The Kier molecular flexibility index (Phi) is 2.11. The lowest BCUT2D eigenvalue weighted by atomic mass is 10.1. The van der Waals surface area contributed by atoms with Crippen LogP contribution in [0.4, 0.5) is 13.2 Å². The van der Waals surface area contributed by atoms with Crippen molar-refractivity contribution in [2.45, 2.75) is 6.18 Å². The van der Waals surface area contributed by atoms with Gasteiger partial charge in [-0.1, -0.05) is 0 Å². The number of fused-ring (bicyclic) bond motifs is 1. The maximum absolute atomic E-state index is 12.3. The maximum Gasteiger partial charge on any atom is 0.416 e. The van der Waals surface area contributed by atoms with Gasteiger partial charge in [-0.25, -0.2) is 4.79 Å². The Labute approximate surface area is 85.7 Å². The van der Waals surface area contributed by atoms with Gasteiger partial charge in [-0.05, 0) is 18.2 Å². The Bertz CT molecular complexity index is 654. The predicted octanol–water partition coefficient (Wildman–Crippen LogP) is 1.24. The van der Waals surface area contributed by atoms with Gasteiger partial charge in [0.2, 0.25) is 0 Å². The van der Waals surface area contributed by atoms with E-state index in [-0.39, 0.29) is 10.9 Å². The quantitative estimate of drug-likeness (QED) is 0.714. The molecule has 2 N–H and O–H groups in total. The lowest BCUT2D eigenvalue weighted by molar-refractivity contribution is -0.137. The normalized spacial score (nSPS) is 11.9. The standard InChI is InChI=1S/C9H5F3N2O2/c10-9(11,12)4-1-2-5-6(3-4)13-8(16)14-7(5)15/h1-3H,(H2,13,14,15,16). The van der Waals surface area contributed by atoms with Crippen LogP contribution in [0.5, 0.6) is 0 Å². The zero-order valence-electron chi connectivity index (χ0n) is 7.68. The van der Waals surface area contributed by atoms with Gasteiger partial charge in [0.1, 0.15) is 0 Å². The van der Waals surface area contributed by atoms with Gasteiger partial charge in [-0.3, -0.25) is 9.78 Å². The van der Waals surface area contributed by atoms with Crippen LogP contribution in [-0.4, -0.2) is 9.97 Å². The highest BCUT2D eigenvalue weighted by Gasteiger charge is 2.30. The summed E-state index contributed by atoms with van der Waals surface area (Å²) in [7, 11) is 0. The van der Waals surface area contributed by atoms with Crippen LogP contribution in [-0.2, 0) is 6.18 Å². The minimum absolute atomic E-state index is 0.00704. The Morgan fingerprint density at radius 1 is 1.06 bits per heavy atom. The number of aromatic nitrogens is 2. The number of aromatic amines is 2. The van der Waals surface area contributed by atoms with E-state index in [1.54, 1.807) is 0 Å². The van der Waals surface area contributed by atoms with Crippen molar-refractivity contribution < 1.29 is 13.2 Å². The van der Waals surface area contributed by atoms with Crippen molar-refractivity contribution in [1.29, 1.82) is 0 Å². The van der Waals surface area contributed by atoms with E-state index in [2.05, 4.69) is 4.98 Å². The van der Waals surface area contributed by atoms with E-state index in [9.17, 15) is 22.8 Å². The molecule has 1 aromatic heterocycles. The molecular weight excluding hydrogens is 225 g/mol. The molecule has 0 fully saturated rings. The van der Waals surface area contributed by atoms with Crippen molar-refractivity contribution in [2.24, 2.45) is 0 Å². The SMILES string of the molecule is O=c1[nH]c(=O)c2ccc(C(F)(F)F)cc2[nH]1. The van der Waals surface area contributed by atoms with Crippen LogP contribution in [0.3, 0.4) is 0 Å². The third-order valence-electron chi connectivity index (χ3n) is 2.07. The molecule has 0 aliphatic carbocycles. The van der Waals surface area contributed by atoms with Crippen molar-refractivity contribution in [3.8, 4) is 0 Å². The topological polar surface area (TPSA) is 65.7 Å². The fourth-order valence-corrected chi connectivity index (χ4v) is 1.35. The molecule has 0 amide bonds. The predicted molar refractivity (Wildman–Crippen MR) is 50.2 cm³/mol. The highest BCUT2D eigenvalue weighted by molar-refractivity contribution is 5.77. The number of hydrogen-bond donors (Lipinski definition) is 2. The minimum atomic E-state index is -4.51. The molecule has 0 unspecified atom stereocenters. The number of rotatable bonds is 0. The number of hydrogen-bond acceptors (Lipinski definition) is 2. The lowest BCUT2D eigenvalue weighted by Crippen LogP contribution is -2.22. The zero-order chi connectivity index (χ0) is 11.9.